The Morgan fingerprint density at radius 1 is 1.17 bits per heavy atom. The zero-order valence-electron chi connectivity index (χ0n) is 9.61. The van der Waals surface area contributed by atoms with Crippen LogP contribution in [0.2, 0.25) is 0 Å². The summed E-state index contributed by atoms with van der Waals surface area (Å²) in [6, 6.07) is 0. The van der Waals surface area contributed by atoms with E-state index in [0.717, 1.165) is 13.1 Å². The largest absolute Gasteiger partial charge is 0.382 e. The molecule has 3 heterocycles. The summed E-state index contributed by atoms with van der Waals surface area (Å²) in [6.45, 7) is 2.82. The van der Waals surface area contributed by atoms with Crippen molar-refractivity contribution in [3.05, 3.63) is 12.4 Å². The van der Waals surface area contributed by atoms with Gasteiger partial charge in [0.2, 0.25) is 0 Å². The average Bonchev–Trinajstić information content (AvgIpc) is 2.90. The second-order valence-corrected chi connectivity index (χ2v) is 3.79. The SMILES string of the molecule is Nc1nccnc1-c1nc(N2CCOCC2)no1. The van der Waals surface area contributed by atoms with Crippen molar-refractivity contribution in [3.8, 4) is 11.6 Å². The maximum atomic E-state index is 5.71. The minimum absolute atomic E-state index is 0.273. The number of nitrogens with zero attached hydrogens (tertiary/aromatic N) is 5. The van der Waals surface area contributed by atoms with Gasteiger partial charge in [-0.05, 0) is 5.16 Å². The minimum atomic E-state index is 0.273. The van der Waals surface area contributed by atoms with Crippen molar-refractivity contribution in [2.24, 2.45) is 0 Å². The molecule has 0 bridgehead atoms. The van der Waals surface area contributed by atoms with E-state index in [1.165, 1.54) is 12.4 Å². The minimum Gasteiger partial charge on any atom is -0.382 e. The molecule has 0 unspecified atom stereocenters. The predicted octanol–water partition coefficient (Wildman–Crippen LogP) is -0.0546. The van der Waals surface area contributed by atoms with Crippen molar-refractivity contribution in [1.29, 1.82) is 0 Å². The van der Waals surface area contributed by atoms with Gasteiger partial charge in [0.1, 0.15) is 0 Å². The Morgan fingerprint density at radius 3 is 2.72 bits per heavy atom. The zero-order valence-corrected chi connectivity index (χ0v) is 9.61. The second kappa shape index (κ2) is 4.57. The van der Waals surface area contributed by atoms with Crippen LogP contribution in [0, 0.1) is 0 Å². The first-order valence-electron chi connectivity index (χ1n) is 5.58. The summed E-state index contributed by atoms with van der Waals surface area (Å²) in [5.41, 5.74) is 6.11. The Balaban J connectivity index is 1.87. The molecular weight excluding hydrogens is 236 g/mol. The molecule has 1 aliphatic rings. The molecule has 0 amide bonds. The Labute approximate surface area is 103 Å². The molecule has 2 aromatic heterocycles. The van der Waals surface area contributed by atoms with Crippen LogP contribution in [0.5, 0.6) is 0 Å². The lowest BCUT2D eigenvalue weighted by Crippen LogP contribution is -2.36. The Hall–Kier alpha value is -2.22. The molecule has 1 saturated heterocycles. The van der Waals surface area contributed by atoms with Gasteiger partial charge in [-0.25, -0.2) is 9.97 Å². The molecule has 1 fully saturated rings. The molecule has 2 aromatic rings. The molecule has 0 spiro atoms. The Kier molecular flexibility index (Phi) is 2.77. The van der Waals surface area contributed by atoms with Crippen molar-refractivity contribution in [2.75, 3.05) is 36.9 Å². The zero-order chi connectivity index (χ0) is 12.4. The van der Waals surface area contributed by atoms with Gasteiger partial charge >= 0.3 is 0 Å². The van der Waals surface area contributed by atoms with E-state index in [2.05, 4.69) is 20.1 Å². The highest BCUT2D eigenvalue weighted by molar-refractivity contribution is 5.62. The predicted molar refractivity (Wildman–Crippen MR) is 62.8 cm³/mol. The standard InChI is InChI=1S/C10H12N6O2/c11-8-7(12-1-2-13-8)9-14-10(15-18-9)16-3-5-17-6-4-16/h1-2H,3-6H2,(H2,11,13). The molecule has 2 N–H and O–H groups in total. The van der Waals surface area contributed by atoms with Gasteiger partial charge in [-0.3, -0.25) is 0 Å². The lowest BCUT2D eigenvalue weighted by Gasteiger charge is -2.24. The van der Waals surface area contributed by atoms with Gasteiger partial charge in [0, 0.05) is 25.5 Å². The molecule has 94 valence electrons. The van der Waals surface area contributed by atoms with Crippen LogP contribution < -0.4 is 10.6 Å². The molecule has 0 atom stereocenters. The van der Waals surface area contributed by atoms with E-state index in [1.54, 1.807) is 0 Å². The summed E-state index contributed by atoms with van der Waals surface area (Å²) in [4.78, 5) is 14.3. The van der Waals surface area contributed by atoms with Gasteiger partial charge < -0.3 is 19.9 Å². The van der Waals surface area contributed by atoms with Crippen LogP contribution in [0.15, 0.2) is 16.9 Å². The fourth-order valence-electron chi connectivity index (χ4n) is 1.72. The van der Waals surface area contributed by atoms with Gasteiger partial charge in [0.15, 0.2) is 11.5 Å². The molecule has 0 aromatic carbocycles. The molecule has 0 saturated carbocycles. The number of nitrogens with two attached hydrogens (primary N) is 1. The first-order chi connectivity index (χ1) is 8.84. The molecule has 0 aliphatic carbocycles. The first kappa shape index (κ1) is 10.9. The van der Waals surface area contributed by atoms with Crippen molar-refractivity contribution in [2.45, 2.75) is 0 Å². The number of hydrogen-bond donors (Lipinski definition) is 1. The number of anilines is 2. The number of nitrogen functional groups attached to an aromatic ring is 1. The third-order valence-electron chi connectivity index (χ3n) is 2.64. The molecule has 8 nitrogen and oxygen atoms in total. The highest BCUT2D eigenvalue weighted by Crippen LogP contribution is 2.21. The van der Waals surface area contributed by atoms with Crippen molar-refractivity contribution >= 4 is 11.8 Å². The smallest absolute Gasteiger partial charge is 0.281 e. The van der Waals surface area contributed by atoms with Gasteiger partial charge in [-0.1, -0.05) is 0 Å². The van der Waals surface area contributed by atoms with Crippen LogP contribution in [0.1, 0.15) is 0 Å². The number of aromatic nitrogens is 4. The summed E-state index contributed by atoms with van der Waals surface area (Å²) >= 11 is 0. The fourth-order valence-corrected chi connectivity index (χ4v) is 1.72. The van der Waals surface area contributed by atoms with Gasteiger partial charge in [0.05, 0.1) is 13.2 Å². The van der Waals surface area contributed by atoms with Gasteiger partial charge in [-0.2, -0.15) is 4.98 Å². The van der Waals surface area contributed by atoms with E-state index in [1.807, 2.05) is 4.90 Å². The van der Waals surface area contributed by atoms with E-state index in [-0.39, 0.29) is 11.7 Å². The van der Waals surface area contributed by atoms with Crippen LogP contribution in [0.4, 0.5) is 11.8 Å². The van der Waals surface area contributed by atoms with Gasteiger partial charge in [-0.15, -0.1) is 0 Å². The highest BCUT2D eigenvalue weighted by atomic mass is 16.5. The third-order valence-corrected chi connectivity index (χ3v) is 2.64. The molecule has 1 aliphatic heterocycles. The van der Waals surface area contributed by atoms with Gasteiger partial charge in [0.25, 0.3) is 11.8 Å². The normalized spacial score (nSPS) is 15.9. The Morgan fingerprint density at radius 2 is 1.94 bits per heavy atom. The maximum Gasteiger partial charge on any atom is 0.281 e. The summed E-state index contributed by atoms with van der Waals surface area (Å²) in [5, 5.41) is 3.92. The second-order valence-electron chi connectivity index (χ2n) is 3.79. The topological polar surface area (TPSA) is 103 Å². The van der Waals surface area contributed by atoms with Crippen LogP contribution >= 0.6 is 0 Å². The van der Waals surface area contributed by atoms with E-state index in [0.29, 0.717) is 24.9 Å². The quantitative estimate of drug-likeness (QED) is 0.788. The van der Waals surface area contributed by atoms with Crippen LogP contribution in [0.3, 0.4) is 0 Å². The molecule has 0 radical (unpaired) electrons. The third kappa shape index (κ3) is 1.97. The molecule has 3 rings (SSSR count). The molecule has 8 heteroatoms. The lowest BCUT2D eigenvalue weighted by atomic mass is 10.4. The maximum absolute atomic E-state index is 5.71. The van der Waals surface area contributed by atoms with E-state index >= 15 is 0 Å². The summed E-state index contributed by atoms with van der Waals surface area (Å²) in [5.74, 6) is 1.08. The van der Waals surface area contributed by atoms with Crippen LogP contribution in [-0.4, -0.2) is 46.4 Å². The number of rotatable bonds is 2. The lowest BCUT2D eigenvalue weighted by molar-refractivity contribution is 0.121. The highest BCUT2D eigenvalue weighted by Gasteiger charge is 2.19. The van der Waals surface area contributed by atoms with E-state index in [9.17, 15) is 0 Å². The number of hydrogen-bond acceptors (Lipinski definition) is 8. The fraction of sp³-hybridized carbons (Fsp3) is 0.400. The van der Waals surface area contributed by atoms with Crippen molar-refractivity contribution in [3.63, 3.8) is 0 Å². The molecule has 18 heavy (non-hydrogen) atoms. The average molecular weight is 248 g/mol. The van der Waals surface area contributed by atoms with Crippen molar-refractivity contribution in [1.82, 2.24) is 20.1 Å². The van der Waals surface area contributed by atoms with E-state index < -0.39 is 0 Å². The van der Waals surface area contributed by atoms with Crippen molar-refractivity contribution < 1.29 is 9.26 Å². The summed E-state index contributed by atoms with van der Waals surface area (Å²) < 4.78 is 10.4. The van der Waals surface area contributed by atoms with E-state index in [4.69, 9.17) is 15.0 Å². The number of morpholine rings is 1. The van der Waals surface area contributed by atoms with Crippen LogP contribution in [0.25, 0.3) is 11.6 Å². The monoisotopic (exact) mass is 248 g/mol. The van der Waals surface area contributed by atoms with Crippen LogP contribution in [-0.2, 0) is 4.74 Å². The summed E-state index contributed by atoms with van der Waals surface area (Å²) in [6.07, 6.45) is 3.04. The Bertz CT molecular complexity index is 537. The summed E-state index contributed by atoms with van der Waals surface area (Å²) in [7, 11) is 0. The number of ether oxygens (including phenoxy) is 1. The molecular formula is C10H12N6O2. The first-order valence-corrected chi connectivity index (χ1v) is 5.58.